The minimum atomic E-state index is -0.719. The summed E-state index contributed by atoms with van der Waals surface area (Å²) in [5, 5.41) is 3.24. The van der Waals surface area contributed by atoms with Crippen molar-refractivity contribution in [3.8, 4) is 5.75 Å². The highest BCUT2D eigenvalue weighted by Gasteiger charge is 2.23. The van der Waals surface area contributed by atoms with Crippen LogP contribution in [0.15, 0.2) is 146 Å². The van der Waals surface area contributed by atoms with Crippen molar-refractivity contribution in [2.45, 2.75) is 18.9 Å². The lowest BCUT2D eigenvalue weighted by Crippen LogP contribution is -2.33. The predicted octanol–water partition coefficient (Wildman–Crippen LogP) is 7.63. The number of amides is 1. The van der Waals surface area contributed by atoms with E-state index in [9.17, 15) is 14.4 Å². The first kappa shape index (κ1) is 33.4. The molecule has 1 unspecified atom stereocenters. The van der Waals surface area contributed by atoms with E-state index in [0.717, 1.165) is 16.8 Å². The Morgan fingerprint density at radius 3 is 2.06 bits per heavy atom. The van der Waals surface area contributed by atoms with Crippen molar-refractivity contribution in [3.63, 3.8) is 0 Å². The first-order chi connectivity index (χ1) is 23.5. The van der Waals surface area contributed by atoms with Gasteiger partial charge in [0.15, 0.2) is 5.78 Å². The topological polar surface area (TPSA) is 84.9 Å². The normalized spacial score (nSPS) is 11.4. The molecule has 242 valence electrons. The van der Waals surface area contributed by atoms with Crippen molar-refractivity contribution in [3.05, 3.63) is 168 Å². The number of hydrogen-bond donors (Lipinski definition) is 1. The molecule has 7 heteroatoms. The Kier molecular flexibility index (Phi) is 11.9. The van der Waals surface area contributed by atoms with Gasteiger partial charge < -0.3 is 19.7 Å². The lowest BCUT2D eigenvalue weighted by Gasteiger charge is -2.21. The molecule has 5 aromatic carbocycles. The maximum atomic E-state index is 13.2. The number of anilines is 2. The summed E-state index contributed by atoms with van der Waals surface area (Å²) in [6.45, 7) is 0.901. The zero-order valence-electron chi connectivity index (χ0n) is 26.8. The van der Waals surface area contributed by atoms with Crippen LogP contribution in [0.3, 0.4) is 0 Å². The molecule has 48 heavy (non-hydrogen) atoms. The summed E-state index contributed by atoms with van der Waals surface area (Å²) in [5.41, 5.74) is 4.27. The fourth-order valence-corrected chi connectivity index (χ4v) is 5.24. The molecule has 0 saturated heterocycles. The maximum absolute atomic E-state index is 13.2. The lowest BCUT2D eigenvalue weighted by molar-refractivity contribution is -0.141. The first-order valence-corrected chi connectivity index (χ1v) is 15.9. The second-order valence-corrected chi connectivity index (χ2v) is 11.1. The number of hydrogen-bond acceptors (Lipinski definition) is 6. The molecule has 0 aliphatic carbocycles. The number of carbonyl (C=O) groups excluding carboxylic acids is 3. The fourth-order valence-electron chi connectivity index (χ4n) is 5.24. The number of ketones is 1. The van der Waals surface area contributed by atoms with Gasteiger partial charge in [0, 0.05) is 41.5 Å². The summed E-state index contributed by atoms with van der Waals surface area (Å²) >= 11 is 0. The SMILES string of the molecule is COC(=O)C(Cc1ccc(OCCCN(C(=O)C=Cc2ccccc2)c2ccccc2)cc1)Nc1ccccc1C(=O)c1ccccc1. The van der Waals surface area contributed by atoms with Crippen LogP contribution in [0, 0.1) is 0 Å². The molecule has 0 heterocycles. The summed E-state index contributed by atoms with van der Waals surface area (Å²) in [4.78, 5) is 40.9. The summed E-state index contributed by atoms with van der Waals surface area (Å²) in [5.74, 6) is 0.00839. The quantitative estimate of drug-likeness (QED) is 0.0550. The number of methoxy groups -OCH3 is 1. The molecule has 1 N–H and O–H groups in total. The molecule has 1 atom stereocenters. The smallest absolute Gasteiger partial charge is 0.328 e. The van der Waals surface area contributed by atoms with Gasteiger partial charge in [0.2, 0.25) is 0 Å². The van der Waals surface area contributed by atoms with E-state index in [1.165, 1.54) is 7.11 Å². The van der Waals surface area contributed by atoms with E-state index in [4.69, 9.17) is 9.47 Å². The van der Waals surface area contributed by atoms with Gasteiger partial charge in [-0.25, -0.2) is 4.79 Å². The summed E-state index contributed by atoms with van der Waals surface area (Å²) in [7, 11) is 1.35. The van der Waals surface area contributed by atoms with Crippen molar-refractivity contribution in [2.24, 2.45) is 0 Å². The number of benzene rings is 5. The number of nitrogens with one attached hydrogen (secondary N) is 1. The van der Waals surface area contributed by atoms with Crippen LogP contribution in [0.25, 0.3) is 6.08 Å². The van der Waals surface area contributed by atoms with Crippen LogP contribution in [0.2, 0.25) is 0 Å². The highest BCUT2D eigenvalue weighted by molar-refractivity contribution is 6.12. The number of nitrogens with zero attached hydrogens (tertiary/aromatic N) is 1. The molecule has 0 fully saturated rings. The third-order valence-electron chi connectivity index (χ3n) is 7.73. The maximum Gasteiger partial charge on any atom is 0.328 e. The average molecular weight is 639 g/mol. The van der Waals surface area contributed by atoms with Crippen molar-refractivity contribution in [1.29, 1.82) is 0 Å². The molecule has 7 nitrogen and oxygen atoms in total. The average Bonchev–Trinajstić information content (AvgIpc) is 3.15. The van der Waals surface area contributed by atoms with Crippen LogP contribution in [-0.2, 0) is 20.7 Å². The molecule has 0 aliphatic heterocycles. The first-order valence-electron chi connectivity index (χ1n) is 15.9. The van der Waals surface area contributed by atoms with Crippen molar-refractivity contribution < 1.29 is 23.9 Å². The number of esters is 1. The van der Waals surface area contributed by atoms with Crippen LogP contribution >= 0.6 is 0 Å². The second kappa shape index (κ2) is 17.1. The molecule has 0 bridgehead atoms. The standard InChI is InChI=1S/C41H38N2O5/c1-47-41(46)38(42-37-21-12-11-20-36(37)40(45)33-16-7-3-8-17-33)30-32-22-25-35(26-23-32)48-29-13-28-43(34-18-9-4-10-19-34)39(44)27-24-31-14-5-2-6-15-31/h2-12,14-27,38,42H,13,28-30H2,1H3. The van der Waals surface area contributed by atoms with Crippen molar-refractivity contribution in [2.75, 3.05) is 30.5 Å². The Morgan fingerprint density at radius 1 is 0.750 bits per heavy atom. The van der Waals surface area contributed by atoms with Crippen LogP contribution < -0.4 is 15.0 Å². The Bertz CT molecular complexity index is 1810. The van der Waals surface area contributed by atoms with Crippen LogP contribution in [0.4, 0.5) is 11.4 Å². The Hall–Kier alpha value is -5.95. The summed E-state index contributed by atoms with van der Waals surface area (Å²) in [6, 6.07) is 42.3. The van der Waals surface area contributed by atoms with E-state index in [1.54, 1.807) is 41.3 Å². The summed E-state index contributed by atoms with van der Waals surface area (Å²) in [6.07, 6.45) is 4.38. The summed E-state index contributed by atoms with van der Waals surface area (Å²) < 4.78 is 11.1. The minimum Gasteiger partial charge on any atom is -0.494 e. The van der Waals surface area contributed by atoms with Gasteiger partial charge in [-0.05, 0) is 60.0 Å². The molecule has 0 spiro atoms. The van der Waals surface area contributed by atoms with E-state index in [0.29, 0.717) is 48.6 Å². The van der Waals surface area contributed by atoms with Gasteiger partial charge in [-0.15, -0.1) is 0 Å². The zero-order valence-corrected chi connectivity index (χ0v) is 26.8. The van der Waals surface area contributed by atoms with Crippen LogP contribution in [0.1, 0.15) is 33.5 Å². The molecule has 5 rings (SSSR count). The van der Waals surface area contributed by atoms with Gasteiger partial charge in [-0.1, -0.05) is 103 Å². The molecule has 1 amide bonds. The zero-order chi connectivity index (χ0) is 33.6. The molecular formula is C41H38N2O5. The largest absolute Gasteiger partial charge is 0.494 e. The van der Waals surface area contributed by atoms with E-state index in [2.05, 4.69) is 5.32 Å². The van der Waals surface area contributed by atoms with E-state index in [1.807, 2.05) is 115 Å². The van der Waals surface area contributed by atoms with Gasteiger partial charge in [0.25, 0.3) is 5.91 Å². The monoisotopic (exact) mass is 638 g/mol. The van der Waals surface area contributed by atoms with Crippen LogP contribution in [-0.4, -0.2) is 44.0 Å². The Balaban J connectivity index is 1.18. The molecule has 0 aromatic heterocycles. The highest BCUT2D eigenvalue weighted by atomic mass is 16.5. The Morgan fingerprint density at radius 2 is 1.38 bits per heavy atom. The molecule has 0 aliphatic rings. The van der Waals surface area contributed by atoms with E-state index in [-0.39, 0.29) is 11.7 Å². The lowest BCUT2D eigenvalue weighted by atomic mass is 10.00. The van der Waals surface area contributed by atoms with E-state index < -0.39 is 12.0 Å². The number of carbonyl (C=O) groups is 3. The van der Waals surface area contributed by atoms with Gasteiger partial charge in [0.1, 0.15) is 11.8 Å². The van der Waals surface area contributed by atoms with E-state index >= 15 is 0 Å². The third kappa shape index (κ3) is 9.30. The fraction of sp³-hybridized carbons (Fsp3) is 0.146. The minimum absolute atomic E-state index is 0.102. The van der Waals surface area contributed by atoms with Gasteiger partial charge in [-0.2, -0.15) is 0 Å². The predicted molar refractivity (Wildman–Crippen MR) is 190 cm³/mol. The third-order valence-corrected chi connectivity index (χ3v) is 7.73. The van der Waals surface area contributed by atoms with Crippen molar-refractivity contribution >= 4 is 35.1 Å². The van der Waals surface area contributed by atoms with Gasteiger partial charge in [-0.3, -0.25) is 9.59 Å². The Labute approximate surface area is 281 Å². The molecule has 0 saturated carbocycles. The molecule has 5 aromatic rings. The number of ether oxygens (including phenoxy) is 2. The van der Waals surface area contributed by atoms with Gasteiger partial charge in [0.05, 0.1) is 13.7 Å². The highest BCUT2D eigenvalue weighted by Crippen LogP contribution is 2.23. The molecular weight excluding hydrogens is 600 g/mol. The number of para-hydroxylation sites is 2. The second-order valence-electron chi connectivity index (χ2n) is 11.1. The number of rotatable bonds is 15. The van der Waals surface area contributed by atoms with Crippen molar-refractivity contribution in [1.82, 2.24) is 0 Å². The van der Waals surface area contributed by atoms with Gasteiger partial charge >= 0.3 is 5.97 Å². The van der Waals surface area contributed by atoms with Crippen LogP contribution in [0.5, 0.6) is 5.75 Å². The molecule has 0 radical (unpaired) electrons.